The molecule has 1 aromatic carbocycles. The fourth-order valence-corrected chi connectivity index (χ4v) is 2.23. The maximum Gasteiger partial charge on any atom is 0.255 e. The van der Waals surface area contributed by atoms with Crippen LogP contribution >= 0.6 is 0 Å². The van der Waals surface area contributed by atoms with Crippen LogP contribution in [0.4, 0.5) is 5.69 Å². The molecule has 98 valence electrons. The molecule has 0 aromatic heterocycles. The minimum Gasteiger partial charge on any atom is -0.383 e. The monoisotopic (exact) mass is 247 g/mol. The molecule has 2 N–H and O–H groups in total. The zero-order valence-electron chi connectivity index (χ0n) is 11.1. The minimum absolute atomic E-state index is 0.0393. The highest BCUT2D eigenvalue weighted by Gasteiger charge is 2.16. The van der Waals surface area contributed by atoms with Gasteiger partial charge in [-0.05, 0) is 31.5 Å². The summed E-state index contributed by atoms with van der Waals surface area (Å²) in [5.41, 5.74) is 1.66. The van der Waals surface area contributed by atoms with Crippen LogP contribution < -0.4 is 10.6 Å². The quantitative estimate of drug-likeness (QED) is 0.848. The second kappa shape index (κ2) is 5.87. The van der Waals surface area contributed by atoms with E-state index in [9.17, 15) is 4.79 Å². The van der Waals surface area contributed by atoms with Crippen LogP contribution in [0.5, 0.6) is 0 Å². The van der Waals surface area contributed by atoms with Gasteiger partial charge in [0.1, 0.15) is 0 Å². The number of anilines is 1. The summed E-state index contributed by atoms with van der Waals surface area (Å²) in [6.45, 7) is 1.97. The Morgan fingerprint density at radius 2 is 2.22 bits per heavy atom. The minimum atomic E-state index is 0.0393. The van der Waals surface area contributed by atoms with Crippen molar-refractivity contribution in [1.82, 2.24) is 10.2 Å². The van der Waals surface area contributed by atoms with Crippen LogP contribution in [0, 0.1) is 0 Å². The smallest absolute Gasteiger partial charge is 0.255 e. The van der Waals surface area contributed by atoms with Crippen molar-refractivity contribution in [2.45, 2.75) is 18.9 Å². The Morgan fingerprint density at radius 3 is 2.89 bits per heavy atom. The molecule has 1 aliphatic heterocycles. The van der Waals surface area contributed by atoms with Crippen LogP contribution in [0.1, 0.15) is 23.2 Å². The molecule has 0 bridgehead atoms. The lowest BCUT2D eigenvalue weighted by molar-refractivity contribution is 0.0828. The number of carbonyl (C=O) groups excluding carboxylic acids is 1. The molecule has 1 unspecified atom stereocenters. The zero-order chi connectivity index (χ0) is 13.0. The van der Waals surface area contributed by atoms with Crippen molar-refractivity contribution in [2.75, 3.05) is 32.5 Å². The van der Waals surface area contributed by atoms with E-state index in [0.29, 0.717) is 6.04 Å². The maximum atomic E-state index is 12.0. The van der Waals surface area contributed by atoms with Gasteiger partial charge < -0.3 is 15.5 Å². The van der Waals surface area contributed by atoms with Crippen LogP contribution in [-0.4, -0.2) is 44.0 Å². The molecule has 1 aliphatic rings. The first-order valence-corrected chi connectivity index (χ1v) is 6.46. The average molecular weight is 247 g/mol. The molecule has 1 saturated heterocycles. The topological polar surface area (TPSA) is 44.4 Å². The first kappa shape index (κ1) is 12.9. The molecular formula is C14H21N3O. The van der Waals surface area contributed by atoms with Gasteiger partial charge in [0.2, 0.25) is 0 Å². The van der Waals surface area contributed by atoms with Crippen LogP contribution in [0.15, 0.2) is 24.3 Å². The Balaban J connectivity index is 2.04. The molecule has 4 nitrogen and oxygen atoms in total. The molecule has 1 atom stereocenters. The summed E-state index contributed by atoms with van der Waals surface area (Å²) in [5, 5.41) is 6.82. The number of nitrogens with one attached hydrogen (secondary N) is 2. The second-order valence-corrected chi connectivity index (χ2v) is 4.92. The number of rotatable bonds is 4. The summed E-state index contributed by atoms with van der Waals surface area (Å²) in [5.74, 6) is 0.0393. The van der Waals surface area contributed by atoms with Crippen LogP contribution in [-0.2, 0) is 0 Å². The standard InChI is InChI=1S/C14H21N3O/c1-17(2)14(18)12-7-3-4-8-13(12)16-10-11-6-5-9-15-11/h3-4,7-8,11,15-16H,5-6,9-10H2,1-2H3. The normalized spacial score (nSPS) is 18.7. The molecule has 0 aliphatic carbocycles. The van der Waals surface area contributed by atoms with Gasteiger partial charge in [-0.1, -0.05) is 12.1 Å². The van der Waals surface area contributed by atoms with Gasteiger partial charge in [0.05, 0.1) is 5.56 Å². The number of benzene rings is 1. The van der Waals surface area contributed by atoms with Crippen LogP contribution in [0.3, 0.4) is 0 Å². The van der Waals surface area contributed by atoms with Gasteiger partial charge in [0, 0.05) is 32.4 Å². The van der Waals surface area contributed by atoms with Crippen LogP contribution in [0.25, 0.3) is 0 Å². The molecule has 0 radical (unpaired) electrons. The van der Waals surface area contributed by atoms with E-state index in [4.69, 9.17) is 0 Å². The third kappa shape index (κ3) is 3.01. The number of amides is 1. The fourth-order valence-electron chi connectivity index (χ4n) is 2.23. The lowest BCUT2D eigenvalue weighted by Gasteiger charge is -2.17. The van der Waals surface area contributed by atoms with Crippen LogP contribution in [0.2, 0.25) is 0 Å². The SMILES string of the molecule is CN(C)C(=O)c1ccccc1NCC1CCCN1. The van der Waals surface area contributed by atoms with E-state index in [0.717, 1.165) is 24.3 Å². The Bertz CT molecular complexity index is 411. The molecule has 1 fully saturated rings. The summed E-state index contributed by atoms with van der Waals surface area (Å²) in [6, 6.07) is 8.21. The maximum absolute atomic E-state index is 12.0. The van der Waals surface area contributed by atoms with E-state index in [2.05, 4.69) is 10.6 Å². The van der Waals surface area contributed by atoms with E-state index in [1.165, 1.54) is 12.8 Å². The Hall–Kier alpha value is -1.55. The predicted octanol–water partition coefficient (Wildman–Crippen LogP) is 1.55. The van der Waals surface area contributed by atoms with Gasteiger partial charge in [-0.3, -0.25) is 4.79 Å². The van der Waals surface area contributed by atoms with Gasteiger partial charge in [-0.2, -0.15) is 0 Å². The molecule has 2 rings (SSSR count). The van der Waals surface area contributed by atoms with Crippen molar-refractivity contribution in [3.8, 4) is 0 Å². The molecule has 1 heterocycles. The van der Waals surface area contributed by atoms with E-state index < -0.39 is 0 Å². The summed E-state index contributed by atoms with van der Waals surface area (Å²) < 4.78 is 0. The fraction of sp³-hybridized carbons (Fsp3) is 0.500. The highest BCUT2D eigenvalue weighted by atomic mass is 16.2. The lowest BCUT2D eigenvalue weighted by Crippen LogP contribution is -2.30. The number of hydrogen-bond donors (Lipinski definition) is 2. The van der Waals surface area contributed by atoms with Gasteiger partial charge >= 0.3 is 0 Å². The van der Waals surface area contributed by atoms with Gasteiger partial charge in [0.15, 0.2) is 0 Å². The second-order valence-electron chi connectivity index (χ2n) is 4.92. The first-order valence-electron chi connectivity index (χ1n) is 6.46. The van der Waals surface area contributed by atoms with Gasteiger partial charge in [0.25, 0.3) is 5.91 Å². The van der Waals surface area contributed by atoms with E-state index in [-0.39, 0.29) is 5.91 Å². The zero-order valence-corrected chi connectivity index (χ0v) is 11.1. The van der Waals surface area contributed by atoms with E-state index in [1.54, 1.807) is 19.0 Å². The molecule has 1 aromatic rings. The van der Waals surface area contributed by atoms with Crippen molar-refractivity contribution in [2.24, 2.45) is 0 Å². The van der Waals surface area contributed by atoms with Crippen molar-refractivity contribution in [3.63, 3.8) is 0 Å². The Morgan fingerprint density at radius 1 is 1.44 bits per heavy atom. The number of nitrogens with zero attached hydrogens (tertiary/aromatic N) is 1. The highest BCUT2D eigenvalue weighted by molar-refractivity contribution is 5.99. The average Bonchev–Trinajstić information content (AvgIpc) is 2.89. The van der Waals surface area contributed by atoms with Crippen molar-refractivity contribution in [1.29, 1.82) is 0 Å². The van der Waals surface area contributed by atoms with Crippen molar-refractivity contribution < 1.29 is 4.79 Å². The molecule has 1 amide bonds. The molecule has 18 heavy (non-hydrogen) atoms. The third-order valence-electron chi connectivity index (χ3n) is 3.26. The Labute approximate surface area is 108 Å². The number of carbonyl (C=O) groups is 1. The van der Waals surface area contributed by atoms with E-state index >= 15 is 0 Å². The van der Waals surface area contributed by atoms with E-state index in [1.807, 2.05) is 24.3 Å². The predicted molar refractivity (Wildman–Crippen MR) is 74.0 cm³/mol. The molecule has 0 saturated carbocycles. The number of para-hydroxylation sites is 1. The number of hydrogen-bond acceptors (Lipinski definition) is 3. The van der Waals surface area contributed by atoms with Crippen molar-refractivity contribution >= 4 is 11.6 Å². The third-order valence-corrected chi connectivity index (χ3v) is 3.26. The lowest BCUT2D eigenvalue weighted by atomic mass is 10.1. The summed E-state index contributed by atoms with van der Waals surface area (Å²) in [7, 11) is 3.55. The molecular weight excluding hydrogens is 226 g/mol. The summed E-state index contributed by atoms with van der Waals surface area (Å²) in [6.07, 6.45) is 2.45. The highest BCUT2D eigenvalue weighted by Crippen LogP contribution is 2.17. The molecule has 0 spiro atoms. The molecule has 4 heteroatoms. The Kier molecular flexibility index (Phi) is 4.20. The first-order chi connectivity index (χ1) is 8.68. The van der Waals surface area contributed by atoms with Crippen molar-refractivity contribution in [3.05, 3.63) is 29.8 Å². The van der Waals surface area contributed by atoms with Gasteiger partial charge in [-0.15, -0.1) is 0 Å². The summed E-state index contributed by atoms with van der Waals surface area (Å²) >= 11 is 0. The largest absolute Gasteiger partial charge is 0.383 e. The summed E-state index contributed by atoms with van der Waals surface area (Å²) in [4.78, 5) is 13.6. The van der Waals surface area contributed by atoms with Gasteiger partial charge in [-0.25, -0.2) is 0 Å².